The fourth-order valence-electron chi connectivity index (χ4n) is 1.63. The van der Waals surface area contributed by atoms with Gasteiger partial charge in [0, 0.05) is 6.20 Å². The number of fused-ring (bicyclic) bond motifs is 1. The maximum atomic E-state index is 6.11. The second-order valence-electron chi connectivity index (χ2n) is 3.67. The van der Waals surface area contributed by atoms with Crippen LogP contribution in [-0.4, -0.2) is 14.8 Å². The van der Waals surface area contributed by atoms with Crippen LogP contribution in [0.3, 0.4) is 0 Å². The minimum atomic E-state index is 0.618. The maximum Gasteiger partial charge on any atom is 0.115 e. The minimum Gasteiger partial charge on any atom is -0.396 e. The number of nitrogens with zero attached hydrogens (tertiary/aromatic N) is 3. The van der Waals surface area contributed by atoms with Crippen LogP contribution in [0.25, 0.3) is 10.2 Å². The lowest BCUT2D eigenvalue weighted by Crippen LogP contribution is -1.98. The second kappa shape index (κ2) is 4.01. The monoisotopic (exact) mass is 264 g/mol. The van der Waals surface area contributed by atoms with Gasteiger partial charge in [-0.05, 0) is 12.1 Å². The highest BCUT2D eigenvalue weighted by atomic mass is 35.5. The maximum absolute atomic E-state index is 6.11. The van der Waals surface area contributed by atoms with E-state index in [1.165, 1.54) is 0 Å². The summed E-state index contributed by atoms with van der Waals surface area (Å²) in [5.41, 5.74) is 7.19. The largest absolute Gasteiger partial charge is 0.396 e. The molecule has 0 spiro atoms. The van der Waals surface area contributed by atoms with E-state index in [9.17, 15) is 0 Å². The summed E-state index contributed by atoms with van der Waals surface area (Å²) in [6, 6.07) is 5.73. The predicted molar refractivity (Wildman–Crippen MR) is 70.4 cm³/mol. The molecular weight excluding hydrogens is 256 g/mol. The predicted octanol–water partition coefficient (Wildman–Crippen LogP) is 2.78. The zero-order valence-corrected chi connectivity index (χ0v) is 10.4. The SMILES string of the molecule is Nc1cnn(Cc2nc3cccc(Cl)c3s2)c1. The van der Waals surface area contributed by atoms with Crippen LogP contribution in [0.15, 0.2) is 30.6 Å². The van der Waals surface area contributed by atoms with Gasteiger partial charge in [-0.15, -0.1) is 11.3 Å². The Bertz CT molecular complexity index is 673. The Labute approximate surface area is 107 Å². The van der Waals surface area contributed by atoms with Gasteiger partial charge in [-0.2, -0.15) is 5.10 Å². The molecule has 0 saturated carbocycles. The van der Waals surface area contributed by atoms with Crippen molar-refractivity contribution in [3.05, 3.63) is 40.6 Å². The average molecular weight is 265 g/mol. The van der Waals surface area contributed by atoms with Gasteiger partial charge in [0.2, 0.25) is 0 Å². The molecule has 17 heavy (non-hydrogen) atoms. The van der Waals surface area contributed by atoms with Crippen LogP contribution >= 0.6 is 22.9 Å². The first-order valence-corrected chi connectivity index (χ1v) is 6.24. The quantitative estimate of drug-likeness (QED) is 0.774. The fraction of sp³-hybridized carbons (Fsp3) is 0.0909. The number of hydrogen-bond donors (Lipinski definition) is 1. The Hall–Kier alpha value is -1.59. The third-order valence-electron chi connectivity index (χ3n) is 2.36. The molecule has 4 nitrogen and oxygen atoms in total. The summed E-state index contributed by atoms with van der Waals surface area (Å²) in [7, 11) is 0. The summed E-state index contributed by atoms with van der Waals surface area (Å²) in [5.74, 6) is 0. The highest BCUT2D eigenvalue weighted by Gasteiger charge is 2.07. The summed E-state index contributed by atoms with van der Waals surface area (Å²) in [6.07, 6.45) is 3.41. The van der Waals surface area contributed by atoms with Gasteiger partial charge >= 0.3 is 0 Å². The normalized spacial score (nSPS) is 11.1. The topological polar surface area (TPSA) is 56.7 Å². The first kappa shape index (κ1) is 10.6. The molecular formula is C11H9ClN4S. The van der Waals surface area contributed by atoms with Crippen LogP contribution < -0.4 is 5.73 Å². The number of nitrogen functional groups attached to an aromatic ring is 1. The Morgan fingerprint density at radius 2 is 2.29 bits per heavy atom. The molecule has 0 atom stereocenters. The average Bonchev–Trinajstić information content (AvgIpc) is 2.86. The first-order chi connectivity index (χ1) is 8.22. The van der Waals surface area contributed by atoms with Gasteiger partial charge in [0.1, 0.15) is 5.01 Å². The van der Waals surface area contributed by atoms with Gasteiger partial charge in [-0.1, -0.05) is 17.7 Å². The molecule has 0 aliphatic carbocycles. The van der Waals surface area contributed by atoms with E-state index >= 15 is 0 Å². The van der Waals surface area contributed by atoms with Gasteiger partial charge in [0.15, 0.2) is 0 Å². The van der Waals surface area contributed by atoms with Crippen molar-refractivity contribution in [2.24, 2.45) is 0 Å². The molecule has 0 unspecified atom stereocenters. The molecule has 0 amide bonds. The van der Waals surface area contributed by atoms with Crippen molar-refractivity contribution in [3.8, 4) is 0 Å². The molecule has 6 heteroatoms. The van der Waals surface area contributed by atoms with E-state index in [0.29, 0.717) is 12.2 Å². The van der Waals surface area contributed by atoms with E-state index in [0.717, 1.165) is 20.2 Å². The Balaban J connectivity index is 1.98. The van der Waals surface area contributed by atoms with Crippen LogP contribution in [0, 0.1) is 0 Å². The third kappa shape index (κ3) is 1.99. The van der Waals surface area contributed by atoms with Crippen LogP contribution in [-0.2, 0) is 6.54 Å². The van der Waals surface area contributed by atoms with Crippen LogP contribution in [0.4, 0.5) is 5.69 Å². The van der Waals surface area contributed by atoms with Crippen LogP contribution in [0.1, 0.15) is 5.01 Å². The van der Waals surface area contributed by atoms with E-state index in [1.54, 1.807) is 28.4 Å². The first-order valence-electron chi connectivity index (χ1n) is 5.04. The molecule has 0 saturated heterocycles. The van der Waals surface area contributed by atoms with Crippen LogP contribution in [0.2, 0.25) is 5.02 Å². The summed E-state index contributed by atoms with van der Waals surface area (Å²) >= 11 is 7.69. The van der Waals surface area contributed by atoms with Crippen molar-refractivity contribution in [2.45, 2.75) is 6.54 Å². The van der Waals surface area contributed by atoms with Crippen LogP contribution in [0.5, 0.6) is 0 Å². The Morgan fingerprint density at radius 3 is 3.00 bits per heavy atom. The number of rotatable bonds is 2. The number of aromatic nitrogens is 3. The zero-order chi connectivity index (χ0) is 11.8. The molecule has 2 heterocycles. The number of benzene rings is 1. The Kier molecular flexibility index (Phi) is 2.49. The van der Waals surface area contributed by atoms with Crippen molar-refractivity contribution in [1.82, 2.24) is 14.8 Å². The molecule has 2 aromatic heterocycles. The lowest BCUT2D eigenvalue weighted by Gasteiger charge is -1.94. The molecule has 0 radical (unpaired) electrons. The van der Waals surface area contributed by atoms with Crippen molar-refractivity contribution in [2.75, 3.05) is 5.73 Å². The lowest BCUT2D eigenvalue weighted by atomic mass is 10.3. The number of anilines is 1. The third-order valence-corrected chi connectivity index (χ3v) is 3.88. The van der Waals surface area contributed by atoms with Gasteiger partial charge in [-0.3, -0.25) is 4.68 Å². The van der Waals surface area contributed by atoms with E-state index in [1.807, 2.05) is 18.2 Å². The molecule has 86 valence electrons. The number of thiazole rings is 1. The van der Waals surface area contributed by atoms with E-state index in [-0.39, 0.29) is 0 Å². The fourth-order valence-corrected chi connectivity index (χ4v) is 2.88. The van der Waals surface area contributed by atoms with Gasteiger partial charge in [0.05, 0.1) is 33.7 Å². The summed E-state index contributed by atoms with van der Waals surface area (Å²) in [6.45, 7) is 0.618. The van der Waals surface area contributed by atoms with Gasteiger partial charge in [-0.25, -0.2) is 4.98 Å². The zero-order valence-electron chi connectivity index (χ0n) is 8.80. The molecule has 3 aromatic rings. The highest BCUT2D eigenvalue weighted by Crippen LogP contribution is 2.29. The standard InChI is InChI=1S/C11H9ClN4S/c12-8-2-1-3-9-11(8)17-10(15-9)6-16-5-7(13)4-14-16/h1-5H,6,13H2. The molecule has 0 fully saturated rings. The highest BCUT2D eigenvalue weighted by molar-refractivity contribution is 7.19. The molecule has 2 N–H and O–H groups in total. The minimum absolute atomic E-state index is 0.618. The number of hydrogen-bond acceptors (Lipinski definition) is 4. The molecule has 3 rings (SSSR count). The van der Waals surface area contributed by atoms with E-state index < -0.39 is 0 Å². The summed E-state index contributed by atoms with van der Waals surface area (Å²) in [4.78, 5) is 4.51. The number of halogens is 1. The van der Waals surface area contributed by atoms with Crippen molar-refractivity contribution >= 4 is 38.8 Å². The van der Waals surface area contributed by atoms with E-state index in [2.05, 4.69) is 10.1 Å². The molecule has 0 bridgehead atoms. The molecule has 0 aliphatic heterocycles. The summed E-state index contributed by atoms with van der Waals surface area (Å²) < 4.78 is 2.78. The molecule has 0 aliphatic rings. The Morgan fingerprint density at radius 1 is 1.41 bits per heavy atom. The van der Waals surface area contributed by atoms with Crippen molar-refractivity contribution < 1.29 is 0 Å². The second-order valence-corrected chi connectivity index (χ2v) is 5.16. The van der Waals surface area contributed by atoms with Crippen molar-refractivity contribution in [3.63, 3.8) is 0 Å². The smallest absolute Gasteiger partial charge is 0.115 e. The van der Waals surface area contributed by atoms with Gasteiger partial charge < -0.3 is 5.73 Å². The number of nitrogens with two attached hydrogens (primary N) is 1. The summed E-state index contributed by atoms with van der Waals surface area (Å²) in [5, 5.41) is 5.84. The van der Waals surface area contributed by atoms with Crippen molar-refractivity contribution in [1.29, 1.82) is 0 Å². The van der Waals surface area contributed by atoms with E-state index in [4.69, 9.17) is 17.3 Å². The van der Waals surface area contributed by atoms with Gasteiger partial charge in [0.25, 0.3) is 0 Å². The lowest BCUT2D eigenvalue weighted by molar-refractivity contribution is 0.684. The molecule has 1 aromatic carbocycles.